The molecular weight excluding hydrogens is 392 g/mol. The van der Waals surface area contributed by atoms with Crippen LogP contribution in [-0.4, -0.2) is 58.7 Å². The van der Waals surface area contributed by atoms with Gasteiger partial charge in [-0.05, 0) is 49.3 Å². The summed E-state index contributed by atoms with van der Waals surface area (Å²) in [5.74, 6) is 0.0121. The molecule has 0 saturated carbocycles. The third-order valence-corrected chi connectivity index (χ3v) is 6.58. The minimum absolute atomic E-state index is 0.0133. The number of piperazine rings is 1. The minimum Gasteiger partial charge on any atom is -0.366 e. The van der Waals surface area contributed by atoms with Crippen molar-refractivity contribution in [3.63, 3.8) is 0 Å². The Morgan fingerprint density at radius 3 is 2.39 bits per heavy atom. The first-order valence-corrected chi connectivity index (χ1v) is 11.5. The van der Waals surface area contributed by atoms with Crippen LogP contribution in [0.5, 0.6) is 0 Å². The molecule has 170 valence electrons. The molecule has 0 unspecified atom stereocenters. The van der Waals surface area contributed by atoms with E-state index in [1.165, 1.54) is 0 Å². The highest BCUT2D eigenvalue weighted by molar-refractivity contribution is 6.00. The highest BCUT2D eigenvalue weighted by atomic mass is 16.2. The van der Waals surface area contributed by atoms with Crippen molar-refractivity contribution in [3.05, 3.63) is 35.4 Å². The fourth-order valence-electron chi connectivity index (χ4n) is 4.76. The van der Waals surface area contributed by atoms with Gasteiger partial charge in [0, 0.05) is 31.7 Å². The number of unbranched alkanes of at least 4 members (excludes halogenated alkanes) is 1. The Morgan fingerprint density at radius 2 is 1.84 bits per heavy atom. The van der Waals surface area contributed by atoms with Gasteiger partial charge in [-0.25, -0.2) is 0 Å². The van der Waals surface area contributed by atoms with Crippen LogP contribution in [0.15, 0.2) is 24.3 Å². The maximum Gasteiger partial charge on any atom is 0.248 e. The normalized spacial score (nSPS) is 21.5. The van der Waals surface area contributed by atoms with Crippen LogP contribution < -0.4 is 11.1 Å². The van der Waals surface area contributed by atoms with Crippen LogP contribution in [-0.2, 0) is 16.1 Å². The van der Waals surface area contributed by atoms with Gasteiger partial charge in [0.25, 0.3) is 0 Å². The van der Waals surface area contributed by atoms with E-state index in [0.717, 1.165) is 38.0 Å². The van der Waals surface area contributed by atoms with Crippen LogP contribution in [0.2, 0.25) is 0 Å². The number of rotatable bonds is 8. The molecule has 0 bridgehead atoms. The van der Waals surface area contributed by atoms with Gasteiger partial charge < -0.3 is 16.0 Å². The molecule has 1 spiro atoms. The lowest BCUT2D eigenvalue weighted by Gasteiger charge is -2.52. The van der Waals surface area contributed by atoms with Gasteiger partial charge in [-0.15, -0.1) is 0 Å². The van der Waals surface area contributed by atoms with Crippen molar-refractivity contribution in [1.29, 1.82) is 0 Å². The highest BCUT2D eigenvalue weighted by Gasteiger charge is 2.53. The van der Waals surface area contributed by atoms with E-state index in [2.05, 4.69) is 31.0 Å². The maximum atomic E-state index is 13.3. The van der Waals surface area contributed by atoms with E-state index in [9.17, 15) is 14.4 Å². The summed E-state index contributed by atoms with van der Waals surface area (Å²) < 4.78 is 0. The van der Waals surface area contributed by atoms with E-state index in [1.807, 2.05) is 17.0 Å². The second-order valence-corrected chi connectivity index (χ2v) is 9.37. The van der Waals surface area contributed by atoms with Gasteiger partial charge in [-0.2, -0.15) is 0 Å². The number of benzene rings is 1. The van der Waals surface area contributed by atoms with E-state index in [1.54, 1.807) is 12.1 Å². The molecule has 3 N–H and O–H groups in total. The summed E-state index contributed by atoms with van der Waals surface area (Å²) in [4.78, 5) is 42.1. The van der Waals surface area contributed by atoms with Crippen LogP contribution in [0.1, 0.15) is 68.8 Å². The van der Waals surface area contributed by atoms with Crippen molar-refractivity contribution in [3.8, 4) is 0 Å². The monoisotopic (exact) mass is 428 g/mol. The molecule has 2 saturated heterocycles. The number of carbonyl (C=O) groups is 3. The molecule has 1 aromatic carbocycles. The molecule has 0 aliphatic carbocycles. The molecule has 0 radical (unpaired) electrons. The average molecular weight is 429 g/mol. The summed E-state index contributed by atoms with van der Waals surface area (Å²) in [5, 5.41) is 3.05. The van der Waals surface area contributed by atoms with Gasteiger partial charge in [0.05, 0.1) is 0 Å². The number of hydrogen-bond donors (Lipinski definition) is 2. The topological polar surface area (TPSA) is 95.7 Å². The van der Waals surface area contributed by atoms with Gasteiger partial charge in [-0.3, -0.25) is 19.3 Å². The molecular formula is C24H36N4O3. The zero-order valence-corrected chi connectivity index (χ0v) is 19.0. The predicted molar refractivity (Wildman–Crippen MR) is 120 cm³/mol. The van der Waals surface area contributed by atoms with Crippen LogP contribution in [0.4, 0.5) is 0 Å². The van der Waals surface area contributed by atoms with Crippen molar-refractivity contribution < 1.29 is 14.4 Å². The third-order valence-electron chi connectivity index (χ3n) is 6.58. The van der Waals surface area contributed by atoms with Crippen molar-refractivity contribution in [1.82, 2.24) is 15.1 Å². The van der Waals surface area contributed by atoms with Crippen molar-refractivity contribution in [2.45, 2.75) is 71.0 Å². The molecule has 7 heteroatoms. The average Bonchev–Trinajstić information content (AvgIpc) is 2.73. The SMILES string of the molecule is CCCCN1C(=O)[C@H](CC(C)C)NC(=O)C12CCN(Cc1ccc(C(N)=O)cc1)CC2. The molecule has 31 heavy (non-hydrogen) atoms. The first-order chi connectivity index (χ1) is 14.8. The number of amides is 3. The van der Waals surface area contributed by atoms with Gasteiger partial charge in [-0.1, -0.05) is 39.3 Å². The van der Waals surface area contributed by atoms with Crippen LogP contribution in [0.25, 0.3) is 0 Å². The van der Waals surface area contributed by atoms with Gasteiger partial charge >= 0.3 is 0 Å². The number of piperidine rings is 1. The van der Waals surface area contributed by atoms with E-state index in [0.29, 0.717) is 37.3 Å². The number of nitrogens with two attached hydrogens (primary N) is 1. The second kappa shape index (κ2) is 9.81. The van der Waals surface area contributed by atoms with Crippen LogP contribution in [0, 0.1) is 5.92 Å². The first kappa shape index (κ1) is 23.3. The Morgan fingerprint density at radius 1 is 1.19 bits per heavy atom. The number of nitrogens with zero attached hydrogens (tertiary/aromatic N) is 2. The Labute approximate surface area is 185 Å². The van der Waals surface area contributed by atoms with E-state index in [-0.39, 0.29) is 11.8 Å². The van der Waals surface area contributed by atoms with Gasteiger partial charge in [0.2, 0.25) is 17.7 Å². The summed E-state index contributed by atoms with van der Waals surface area (Å²) in [7, 11) is 0. The van der Waals surface area contributed by atoms with Gasteiger partial charge in [0.15, 0.2) is 0 Å². The van der Waals surface area contributed by atoms with E-state index >= 15 is 0 Å². The zero-order valence-electron chi connectivity index (χ0n) is 19.0. The summed E-state index contributed by atoms with van der Waals surface area (Å²) in [5.41, 5.74) is 6.19. The first-order valence-electron chi connectivity index (χ1n) is 11.5. The summed E-state index contributed by atoms with van der Waals surface area (Å²) in [6.07, 6.45) is 3.86. The minimum atomic E-state index is -0.730. The molecule has 7 nitrogen and oxygen atoms in total. The fraction of sp³-hybridized carbons (Fsp3) is 0.625. The predicted octanol–water partition coefficient (Wildman–Crippen LogP) is 2.29. The second-order valence-electron chi connectivity index (χ2n) is 9.37. The number of likely N-dealkylation sites (tertiary alicyclic amines) is 1. The quantitative estimate of drug-likeness (QED) is 0.664. The molecule has 3 rings (SSSR count). The Bertz CT molecular complexity index is 798. The molecule has 2 aliphatic heterocycles. The molecule has 0 aromatic heterocycles. The Hall–Kier alpha value is -2.41. The molecule has 1 aromatic rings. The largest absolute Gasteiger partial charge is 0.366 e. The smallest absolute Gasteiger partial charge is 0.248 e. The number of nitrogens with one attached hydrogen (secondary N) is 1. The van der Waals surface area contributed by atoms with E-state index < -0.39 is 17.5 Å². The van der Waals surface area contributed by atoms with Crippen molar-refractivity contribution >= 4 is 17.7 Å². The lowest BCUT2D eigenvalue weighted by atomic mass is 9.80. The lowest BCUT2D eigenvalue weighted by Crippen LogP contribution is -2.73. The molecule has 2 heterocycles. The number of hydrogen-bond acceptors (Lipinski definition) is 4. The zero-order chi connectivity index (χ0) is 22.6. The highest BCUT2D eigenvalue weighted by Crippen LogP contribution is 2.34. The van der Waals surface area contributed by atoms with Crippen LogP contribution in [0.3, 0.4) is 0 Å². The molecule has 2 aliphatic rings. The van der Waals surface area contributed by atoms with E-state index in [4.69, 9.17) is 5.73 Å². The summed E-state index contributed by atoms with van der Waals surface area (Å²) >= 11 is 0. The number of carbonyl (C=O) groups excluding carboxylic acids is 3. The lowest BCUT2D eigenvalue weighted by molar-refractivity contribution is -0.161. The number of primary amides is 1. The summed E-state index contributed by atoms with van der Waals surface area (Å²) in [6, 6.07) is 6.93. The Balaban J connectivity index is 1.70. The maximum absolute atomic E-state index is 13.3. The van der Waals surface area contributed by atoms with Crippen molar-refractivity contribution in [2.75, 3.05) is 19.6 Å². The van der Waals surface area contributed by atoms with Crippen molar-refractivity contribution in [2.24, 2.45) is 11.7 Å². The molecule has 3 amide bonds. The molecule has 1 atom stereocenters. The van der Waals surface area contributed by atoms with Gasteiger partial charge in [0.1, 0.15) is 11.6 Å². The summed E-state index contributed by atoms with van der Waals surface area (Å²) in [6.45, 7) is 9.15. The fourth-order valence-corrected chi connectivity index (χ4v) is 4.76. The molecule has 2 fully saturated rings. The standard InChI is InChI=1S/C24H36N4O3/c1-4-5-12-28-22(30)20(15-17(2)3)26-23(31)24(28)10-13-27(14-11-24)16-18-6-8-19(9-7-18)21(25)29/h6-9,17,20H,4-5,10-16H2,1-3H3,(H2,25,29)(H,26,31)/t20-/m0/s1. The van der Waals surface area contributed by atoms with Crippen LogP contribution >= 0.6 is 0 Å². The Kier molecular flexibility index (Phi) is 7.36. The third kappa shape index (κ3) is 5.09.